The lowest BCUT2D eigenvalue weighted by atomic mass is 10.2. The van der Waals surface area contributed by atoms with Crippen molar-refractivity contribution in [2.75, 3.05) is 51.6 Å². The monoisotopic (exact) mass is 358 g/mol. The molecule has 0 saturated carbocycles. The molecule has 0 atom stereocenters. The summed E-state index contributed by atoms with van der Waals surface area (Å²) in [6.07, 6.45) is 5.28. The Morgan fingerprint density at radius 1 is 1.12 bits per heavy atom. The Labute approximate surface area is 147 Å². The Kier molecular flexibility index (Phi) is 6.92. The standard InChI is InChI=1S/C17H34N4O2S/c1-4-18-16(19-9-12-20-10-7-5-6-8-11-20)21-13-14-24(22,23)17(2,3)15-21/h4-15H2,1-3H3,(H,18,19). The molecule has 2 aliphatic rings. The van der Waals surface area contributed by atoms with Crippen molar-refractivity contribution in [3.8, 4) is 0 Å². The first kappa shape index (κ1) is 19.5. The van der Waals surface area contributed by atoms with Crippen molar-refractivity contribution in [3.63, 3.8) is 0 Å². The molecule has 0 radical (unpaired) electrons. The number of sulfone groups is 1. The first-order valence-electron chi connectivity index (χ1n) is 9.33. The molecule has 2 heterocycles. The number of aliphatic imine (C=N–C) groups is 1. The van der Waals surface area contributed by atoms with Crippen LogP contribution in [0, 0.1) is 0 Å². The molecule has 24 heavy (non-hydrogen) atoms. The van der Waals surface area contributed by atoms with E-state index in [1.165, 1.54) is 38.8 Å². The van der Waals surface area contributed by atoms with Gasteiger partial charge >= 0.3 is 0 Å². The summed E-state index contributed by atoms with van der Waals surface area (Å²) in [6, 6.07) is 0. The molecule has 2 fully saturated rings. The van der Waals surface area contributed by atoms with Crippen LogP contribution in [0.1, 0.15) is 46.5 Å². The lowest BCUT2D eigenvalue weighted by molar-refractivity contribution is 0.292. The van der Waals surface area contributed by atoms with Crippen molar-refractivity contribution in [2.24, 2.45) is 4.99 Å². The second-order valence-corrected chi connectivity index (χ2v) is 10.2. The summed E-state index contributed by atoms with van der Waals surface area (Å²) in [7, 11) is -3.02. The number of nitrogens with one attached hydrogen (secondary N) is 1. The summed E-state index contributed by atoms with van der Waals surface area (Å²) in [4.78, 5) is 9.38. The predicted molar refractivity (Wildman–Crippen MR) is 100 cm³/mol. The minimum Gasteiger partial charge on any atom is -0.357 e. The van der Waals surface area contributed by atoms with E-state index in [9.17, 15) is 8.42 Å². The van der Waals surface area contributed by atoms with Crippen molar-refractivity contribution in [1.82, 2.24) is 15.1 Å². The molecular formula is C17H34N4O2S. The Hall–Kier alpha value is -0.820. The quantitative estimate of drug-likeness (QED) is 0.607. The van der Waals surface area contributed by atoms with Gasteiger partial charge in [-0.05, 0) is 46.7 Å². The van der Waals surface area contributed by atoms with Gasteiger partial charge in [0.05, 0.1) is 17.0 Å². The van der Waals surface area contributed by atoms with Gasteiger partial charge in [0.15, 0.2) is 15.8 Å². The molecule has 7 heteroatoms. The lowest BCUT2D eigenvalue weighted by Crippen LogP contribution is -2.57. The minimum absolute atomic E-state index is 0.205. The van der Waals surface area contributed by atoms with E-state index >= 15 is 0 Å². The average molecular weight is 359 g/mol. The maximum atomic E-state index is 12.2. The summed E-state index contributed by atoms with van der Waals surface area (Å²) >= 11 is 0. The van der Waals surface area contributed by atoms with Gasteiger partial charge in [-0.1, -0.05) is 12.8 Å². The van der Waals surface area contributed by atoms with Gasteiger partial charge in [-0.3, -0.25) is 4.99 Å². The summed E-state index contributed by atoms with van der Waals surface area (Å²) in [5.74, 6) is 1.06. The highest BCUT2D eigenvalue weighted by Crippen LogP contribution is 2.23. The van der Waals surface area contributed by atoms with Crippen LogP contribution >= 0.6 is 0 Å². The topological polar surface area (TPSA) is 65.0 Å². The summed E-state index contributed by atoms with van der Waals surface area (Å²) in [6.45, 7) is 11.6. The maximum Gasteiger partial charge on any atom is 0.194 e. The molecule has 2 aliphatic heterocycles. The second kappa shape index (κ2) is 8.52. The Morgan fingerprint density at radius 2 is 1.79 bits per heavy atom. The molecule has 0 spiro atoms. The molecule has 0 aromatic carbocycles. The molecule has 140 valence electrons. The Morgan fingerprint density at radius 3 is 2.38 bits per heavy atom. The van der Waals surface area contributed by atoms with Crippen molar-refractivity contribution in [1.29, 1.82) is 0 Å². The van der Waals surface area contributed by atoms with Gasteiger partial charge in [-0.2, -0.15) is 0 Å². The molecule has 1 N–H and O–H groups in total. The Bertz CT molecular complexity index is 523. The van der Waals surface area contributed by atoms with Gasteiger partial charge in [0.1, 0.15) is 0 Å². The van der Waals surface area contributed by atoms with E-state index < -0.39 is 14.6 Å². The first-order chi connectivity index (χ1) is 11.4. The van der Waals surface area contributed by atoms with Crippen molar-refractivity contribution < 1.29 is 8.42 Å². The molecule has 2 rings (SSSR count). The largest absolute Gasteiger partial charge is 0.357 e. The third-order valence-electron chi connectivity index (χ3n) is 5.05. The van der Waals surface area contributed by atoms with Crippen LogP contribution in [0.3, 0.4) is 0 Å². The first-order valence-corrected chi connectivity index (χ1v) is 11.0. The van der Waals surface area contributed by atoms with Crippen LogP contribution in [-0.2, 0) is 9.84 Å². The fraction of sp³-hybridized carbons (Fsp3) is 0.941. The number of hydrogen-bond acceptors (Lipinski definition) is 4. The van der Waals surface area contributed by atoms with E-state index in [-0.39, 0.29) is 5.75 Å². The fourth-order valence-electron chi connectivity index (χ4n) is 3.41. The van der Waals surface area contributed by atoms with Crippen LogP contribution in [0.2, 0.25) is 0 Å². The van der Waals surface area contributed by atoms with E-state index in [1.54, 1.807) is 0 Å². The van der Waals surface area contributed by atoms with Gasteiger partial charge in [-0.15, -0.1) is 0 Å². The molecule has 0 amide bonds. The number of rotatable bonds is 4. The molecule has 0 aromatic heterocycles. The van der Waals surface area contributed by atoms with Crippen LogP contribution in [0.25, 0.3) is 0 Å². The van der Waals surface area contributed by atoms with E-state index in [0.29, 0.717) is 13.1 Å². The van der Waals surface area contributed by atoms with Crippen LogP contribution in [-0.4, -0.2) is 80.5 Å². The third kappa shape index (κ3) is 5.09. The van der Waals surface area contributed by atoms with Gasteiger partial charge < -0.3 is 15.1 Å². The molecule has 6 nitrogen and oxygen atoms in total. The third-order valence-corrected chi connectivity index (χ3v) is 7.59. The minimum atomic E-state index is -3.02. The number of guanidine groups is 1. The second-order valence-electron chi connectivity index (χ2n) is 7.49. The van der Waals surface area contributed by atoms with Gasteiger partial charge in [-0.25, -0.2) is 8.42 Å². The van der Waals surface area contributed by atoms with Crippen LogP contribution in [0.4, 0.5) is 0 Å². The maximum absolute atomic E-state index is 12.2. The van der Waals surface area contributed by atoms with E-state index in [4.69, 9.17) is 4.99 Å². The van der Waals surface area contributed by atoms with Crippen molar-refractivity contribution in [3.05, 3.63) is 0 Å². The van der Waals surface area contributed by atoms with Crippen LogP contribution < -0.4 is 5.32 Å². The molecule has 0 bridgehead atoms. The van der Waals surface area contributed by atoms with E-state index in [1.807, 2.05) is 13.8 Å². The van der Waals surface area contributed by atoms with Gasteiger partial charge in [0, 0.05) is 26.2 Å². The summed E-state index contributed by atoms with van der Waals surface area (Å²) < 4.78 is 23.7. The molecule has 0 aromatic rings. The van der Waals surface area contributed by atoms with Gasteiger partial charge in [0.2, 0.25) is 0 Å². The zero-order valence-electron chi connectivity index (χ0n) is 15.6. The number of likely N-dealkylation sites (tertiary alicyclic amines) is 1. The fourth-order valence-corrected chi connectivity index (χ4v) is 4.77. The molecular weight excluding hydrogens is 324 g/mol. The van der Waals surface area contributed by atoms with Crippen LogP contribution in [0.15, 0.2) is 4.99 Å². The number of hydrogen-bond donors (Lipinski definition) is 1. The highest BCUT2D eigenvalue weighted by Gasteiger charge is 2.40. The zero-order valence-corrected chi connectivity index (χ0v) is 16.4. The lowest BCUT2D eigenvalue weighted by Gasteiger charge is -2.39. The van der Waals surface area contributed by atoms with E-state index in [0.717, 1.165) is 25.6 Å². The van der Waals surface area contributed by atoms with Gasteiger partial charge in [0.25, 0.3) is 0 Å². The number of nitrogens with zero attached hydrogens (tertiary/aromatic N) is 3. The Balaban J connectivity index is 1.95. The predicted octanol–water partition coefficient (Wildman–Crippen LogP) is 1.34. The zero-order chi connectivity index (χ0) is 17.6. The summed E-state index contributed by atoms with van der Waals surface area (Å²) in [5.41, 5.74) is 0. The van der Waals surface area contributed by atoms with Crippen molar-refractivity contribution in [2.45, 2.75) is 51.2 Å². The summed E-state index contributed by atoms with van der Waals surface area (Å²) in [5, 5.41) is 3.33. The highest BCUT2D eigenvalue weighted by molar-refractivity contribution is 7.92. The van der Waals surface area contributed by atoms with Crippen LogP contribution in [0.5, 0.6) is 0 Å². The SMILES string of the molecule is CCNC(=NCCN1CCCCCC1)N1CCS(=O)(=O)C(C)(C)C1. The molecule has 0 unspecified atom stereocenters. The highest BCUT2D eigenvalue weighted by atomic mass is 32.2. The molecule has 0 aliphatic carbocycles. The average Bonchev–Trinajstić information content (AvgIpc) is 2.78. The van der Waals surface area contributed by atoms with Crippen molar-refractivity contribution >= 4 is 15.8 Å². The smallest absolute Gasteiger partial charge is 0.194 e. The molecule has 2 saturated heterocycles. The normalized spacial score (nSPS) is 25.3. The van der Waals surface area contributed by atoms with E-state index in [2.05, 4.69) is 22.0 Å².